The summed E-state index contributed by atoms with van der Waals surface area (Å²) in [5.74, 6) is 0.672. The Morgan fingerprint density at radius 2 is 2.10 bits per heavy atom. The monoisotopic (exact) mass is 457 g/mol. The SMILES string of the molecule is CCCC[S+]([O-])CSc1nc(-c2nccs2)cc(-c2ccc(COC)cc2)c1C#N. The van der Waals surface area contributed by atoms with E-state index >= 15 is 0 Å². The van der Waals surface area contributed by atoms with Crippen LogP contribution < -0.4 is 0 Å². The number of unbranched alkanes of at least 4 members (excludes halogenated alkanes) is 1. The van der Waals surface area contributed by atoms with Gasteiger partial charge in [0.25, 0.3) is 0 Å². The van der Waals surface area contributed by atoms with Crippen LogP contribution >= 0.6 is 23.1 Å². The number of pyridine rings is 1. The Balaban J connectivity index is 1.99. The smallest absolute Gasteiger partial charge is 0.156 e. The standard InChI is InChI=1S/C22H23N3O2S3/c1-3-4-11-30(26)15-29-21-19(13-23)18(12-20(25-21)22-24-9-10-28-22)17-7-5-16(6-8-17)14-27-2/h5-10,12H,3-4,11,14-15H2,1-2H3. The first-order chi connectivity index (χ1) is 14.7. The minimum Gasteiger partial charge on any atom is -0.616 e. The molecule has 0 bridgehead atoms. The van der Waals surface area contributed by atoms with Gasteiger partial charge in [0, 0.05) is 24.3 Å². The number of thiazole rings is 1. The van der Waals surface area contributed by atoms with Crippen molar-refractivity contribution in [2.45, 2.75) is 31.4 Å². The molecule has 30 heavy (non-hydrogen) atoms. The van der Waals surface area contributed by atoms with Crippen molar-refractivity contribution >= 4 is 34.3 Å². The van der Waals surface area contributed by atoms with Gasteiger partial charge < -0.3 is 9.29 Å². The molecule has 156 valence electrons. The van der Waals surface area contributed by atoms with Gasteiger partial charge >= 0.3 is 0 Å². The fraction of sp³-hybridized carbons (Fsp3) is 0.318. The third-order valence-corrected chi connectivity index (χ3v) is 8.01. The average molecular weight is 458 g/mol. The lowest BCUT2D eigenvalue weighted by atomic mass is 10.00. The van der Waals surface area contributed by atoms with E-state index in [4.69, 9.17) is 9.72 Å². The molecule has 0 aliphatic rings. The average Bonchev–Trinajstić information content (AvgIpc) is 3.31. The maximum absolute atomic E-state index is 12.3. The number of benzene rings is 1. The van der Waals surface area contributed by atoms with Crippen LogP contribution in [0.3, 0.4) is 0 Å². The quantitative estimate of drug-likeness (QED) is 0.296. The summed E-state index contributed by atoms with van der Waals surface area (Å²) in [6, 6.07) is 12.2. The number of nitriles is 1. The van der Waals surface area contributed by atoms with Gasteiger partial charge in [-0.1, -0.05) is 49.4 Å². The zero-order chi connectivity index (χ0) is 21.3. The third kappa shape index (κ3) is 5.84. The molecule has 0 amide bonds. The fourth-order valence-corrected chi connectivity index (χ4v) is 5.97. The third-order valence-electron chi connectivity index (χ3n) is 4.38. The van der Waals surface area contributed by atoms with E-state index in [1.165, 1.54) is 23.1 Å². The van der Waals surface area contributed by atoms with Crippen LogP contribution in [0.5, 0.6) is 0 Å². The summed E-state index contributed by atoms with van der Waals surface area (Å²) >= 11 is 1.95. The van der Waals surface area contributed by atoms with Crippen LogP contribution in [0.1, 0.15) is 30.9 Å². The lowest BCUT2D eigenvalue weighted by Gasteiger charge is -2.13. The van der Waals surface area contributed by atoms with E-state index in [1.807, 2.05) is 35.7 Å². The van der Waals surface area contributed by atoms with Crippen molar-refractivity contribution in [3.8, 4) is 27.9 Å². The van der Waals surface area contributed by atoms with Gasteiger partial charge in [0.1, 0.15) is 27.5 Å². The normalized spacial score (nSPS) is 11.9. The van der Waals surface area contributed by atoms with Gasteiger partial charge in [-0.3, -0.25) is 0 Å². The van der Waals surface area contributed by atoms with Gasteiger partial charge in [-0.15, -0.1) is 11.3 Å². The van der Waals surface area contributed by atoms with Gasteiger partial charge in [-0.05, 0) is 34.8 Å². The number of thioether (sulfide) groups is 1. The summed E-state index contributed by atoms with van der Waals surface area (Å²) in [6.07, 6.45) is 3.69. The molecule has 0 N–H and O–H groups in total. The minimum absolute atomic E-state index is 0.426. The number of rotatable bonds is 10. The maximum Gasteiger partial charge on any atom is 0.156 e. The first kappa shape index (κ1) is 22.8. The molecule has 1 unspecified atom stereocenters. The van der Waals surface area contributed by atoms with E-state index in [0.717, 1.165) is 40.2 Å². The van der Waals surface area contributed by atoms with Crippen molar-refractivity contribution in [1.29, 1.82) is 5.26 Å². The van der Waals surface area contributed by atoms with E-state index in [-0.39, 0.29) is 0 Å². The lowest BCUT2D eigenvalue weighted by molar-refractivity contribution is 0.185. The van der Waals surface area contributed by atoms with Crippen molar-refractivity contribution in [1.82, 2.24) is 9.97 Å². The summed E-state index contributed by atoms with van der Waals surface area (Å²) < 4.78 is 17.5. The Labute approximate surface area is 188 Å². The van der Waals surface area contributed by atoms with Crippen molar-refractivity contribution < 1.29 is 9.29 Å². The molecule has 3 aromatic rings. The van der Waals surface area contributed by atoms with E-state index in [1.54, 1.807) is 13.3 Å². The van der Waals surface area contributed by atoms with Crippen LogP contribution in [0.15, 0.2) is 46.9 Å². The Morgan fingerprint density at radius 3 is 2.73 bits per heavy atom. The van der Waals surface area contributed by atoms with Crippen LogP contribution in [0, 0.1) is 11.3 Å². The lowest BCUT2D eigenvalue weighted by Crippen LogP contribution is -2.09. The van der Waals surface area contributed by atoms with E-state index in [0.29, 0.717) is 28.0 Å². The van der Waals surface area contributed by atoms with Crippen molar-refractivity contribution in [3.63, 3.8) is 0 Å². The van der Waals surface area contributed by atoms with Gasteiger partial charge in [0.2, 0.25) is 0 Å². The Kier molecular flexibility index (Phi) is 8.73. The zero-order valence-corrected chi connectivity index (χ0v) is 19.4. The molecule has 0 fully saturated rings. The number of hydrogen-bond donors (Lipinski definition) is 0. The summed E-state index contributed by atoms with van der Waals surface area (Å²) in [7, 11) is 1.67. The van der Waals surface area contributed by atoms with Crippen LogP contribution in [0.2, 0.25) is 0 Å². The molecule has 0 aliphatic heterocycles. The van der Waals surface area contributed by atoms with Gasteiger partial charge in [0.15, 0.2) is 5.08 Å². The van der Waals surface area contributed by atoms with E-state index in [2.05, 4.69) is 18.0 Å². The molecule has 0 radical (unpaired) electrons. The maximum atomic E-state index is 12.3. The first-order valence-corrected chi connectivity index (χ1v) is 12.9. The van der Waals surface area contributed by atoms with Crippen LogP contribution in [0.25, 0.3) is 21.8 Å². The molecule has 2 aromatic heterocycles. The van der Waals surface area contributed by atoms with Crippen LogP contribution in [-0.2, 0) is 22.5 Å². The molecule has 0 saturated heterocycles. The molecule has 5 nitrogen and oxygen atoms in total. The second kappa shape index (κ2) is 11.5. The Morgan fingerprint density at radius 1 is 1.30 bits per heavy atom. The van der Waals surface area contributed by atoms with Crippen LogP contribution in [0.4, 0.5) is 0 Å². The predicted octanol–water partition coefficient (Wildman–Crippen LogP) is 5.49. The van der Waals surface area contributed by atoms with Gasteiger partial charge in [-0.2, -0.15) is 5.26 Å². The number of nitrogens with zero attached hydrogens (tertiary/aromatic N) is 3. The molecule has 1 atom stereocenters. The van der Waals surface area contributed by atoms with Crippen molar-refractivity contribution in [3.05, 3.63) is 53.0 Å². The van der Waals surface area contributed by atoms with E-state index in [9.17, 15) is 9.81 Å². The van der Waals surface area contributed by atoms with Crippen LogP contribution in [-0.4, -0.2) is 32.5 Å². The molecule has 0 spiro atoms. The number of aromatic nitrogens is 2. The predicted molar refractivity (Wildman–Crippen MR) is 125 cm³/mol. The highest BCUT2D eigenvalue weighted by Gasteiger charge is 2.19. The molecular formula is C22H23N3O2S3. The molecule has 0 aliphatic carbocycles. The molecule has 2 heterocycles. The largest absolute Gasteiger partial charge is 0.616 e. The Bertz CT molecular complexity index is 986. The van der Waals surface area contributed by atoms with Gasteiger partial charge in [0.05, 0.1) is 12.2 Å². The topological polar surface area (TPSA) is 81.9 Å². The summed E-state index contributed by atoms with van der Waals surface area (Å²) in [5.41, 5.74) is 4.04. The highest BCUT2D eigenvalue weighted by atomic mass is 32.3. The number of hydrogen-bond acceptors (Lipinski definition) is 7. The summed E-state index contributed by atoms with van der Waals surface area (Å²) in [5, 5.41) is 13.6. The summed E-state index contributed by atoms with van der Waals surface area (Å²) in [6.45, 7) is 2.62. The Hall–Kier alpha value is -1.89. The first-order valence-electron chi connectivity index (χ1n) is 9.57. The van der Waals surface area contributed by atoms with Gasteiger partial charge in [-0.25, -0.2) is 9.97 Å². The highest BCUT2D eigenvalue weighted by Crippen LogP contribution is 2.35. The molecule has 8 heteroatoms. The van der Waals surface area contributed by atoms with Crippen molar-refractivity contribution in [2.75, 3.05) is 17.9 Å². The van der Waals surface area contributed by atoms with Crippen molar-refractivity contribution in [2.24, 2.45) is 0 Å². The number of methoxy groups -OCH3 is 1. The molecule has 1 aromatic carbocycles. The number of ether oxygens (including phenoxy) is 1. The zero-order valence-electron chi connectivity index (χ0n) is 17.0. The minimum atomic E-state index is -0.944. The second-order valence-electron chi connectivity index (χ2n) is 6.57. The fourth-order valence-electron chi connectivity index (χ4n) is 2.85. The molecule has 0 saturated carbocycles. The van der Waals surface area contributed by atoms with E-state index < -0.39 is 11.2 Å². The summed E-state index contributed by atoms with van der Waals surface area (Å²) in [4.78, 5) is 9.08. The second-order valence-corrected chi connectivity index (χ2v) is 10.4. The molecule has 3 rings (SSSR count). The highest BCUT2D eigenvalue weighted by molar-refractivity contribution is 8.12. The molecular weight excluding hydrogens is 434 g/mol.